The van der Waals surface area contributed by atoms with Gasteiger partial charge in [-0.2, -0.15) is 13.2 Å². The van der Waals surface area contributed by atoms with Gasteiger partial charge in [0.25, 0.3) is 0 Å². The Morgan fingerprint density at radius 3 is 2.16 bits per heavy atom. The number of alkyl halides is 3. The fourth-order valence-corrected chi connectivity index (χ4v) is 4.22. The van der Waals surface area contributed by atoms with E-state index in [1.807, 2.05) is 12.1 Å². The summed E-state index contributed by atoms with van der Waals surface area (Å²) in [6.07, 6.45) is -3.85. The Kier molecular flexibility index (Phi) is 5.89. The molecule has 0 radical (unpaired) electrons. The molecule has 3 fully saturated rings. The fourth-order valence-electron chi connectivity index (χ4n) is 4.22. The SMILES string of the molecule is CN1CCN(c2nc3ccccc3nc2N2C[C@@H]3C[C@H]2CN3)CC1.O=C(O)C(F)(F)F. The van der Waals surface area contributed by atoms with Gasteiger partial charge >= 0.3 is 12.1 Å². The number of aromatic nitrogens is 2. The number of halogens is 3. The van der Waals surface area contributed by atoms with Crippen LogP contribution in [0.2, 0.25) is 0 Å². The van der Waals surface area contributed by atoms with Crippen LogP contribution in [-0.4, -0.2) is 90.5 Å². The third-order valence-corrected chi connectivity index (χ3v) is 5.91. The van der Waals surface area contributed by atoms with Crippen molar-refractivity contribution in [3.8, 4) is 0 Å². The molecule has 0 amide bonds. The van der Waals surface area contributed by atoms with Gasteiger partial charge in [0.05, 0.1) is 11.0 Å². The van der Waals surface area contributed by atoms with Gasteiger partial charge in [-0.05, 0) is 25.6 Å². The lowest BCUT2D eigenvalue weighted by Gasteiger charge is -2.37. The molecule has 0 unspecified atom stereocenters. The number of rotatable bonds is 2. The zero-order valence-corrected chi connectivity index (χ0v) is 17.1. The predicted octanol–water partition coefficient (Wildman–Crippen LogP) is 1.57. The highest BCUT2D eigenvalue weighted by Gasteiger charge is 2.40. The molecule has 3 aliphatic rings. The van der Waals surface area contributed by atoms with Crippen molar-refractivity contribution < 1.29 is 23.1 Å². The molecule has 4 heterocycles. The van der Waals surface area contributed by atoms with Crippen molar-refractivity contribution in [2.75, 3.05) is 56.1 Å². The Bertz CT molecular complexity index is 948. The zero-order chi connectivity index (χ0) is 22.2. The summed E-state index contributed by atoms with van der Waals surface area (Å²) in [7, 11) is 2.19. The summed E-state index contributed by atoms with van der Waals surface area (Å²) in [5, 5.41) is 10.7. The summed E-state index contributed by atoms with van der Waals surface area (Å²) < 4.78 is 31.7. The average Bonchev–Trinajstić information content (AvgIpc) is 3.37. The molecule has 0 saturated carbocycles. The zero-order valence-electron chi connectivity index (χ0n) is 17.1. The van der Waals surface area contributed by atoms with Crippen LogP contribution in [-0.2, 0) is 4.79 Å². The number of nitrogens with zero attached hydrogens (tertiary/aromatic N) is 5. The van der Waals surface area contributed by atoms with Crippen LogP contribution in [0.4, 0.5) is 24.8 Å². The molecule has 11 heteroatoms. The van der Waals surface area contributed by atoms with Gasteiger partial charge in [-0.3, -0.25) is 0 Å². The van der Waals surface area contributed by atoms with E-state index >= 15 is 0 Å². The monoisotopic (exact) mass is 438 g/mol. The van der Waals surface area contributed by atoms with Gasteiger partial charge in [0, 0.05) is 51.4 Å². The first-order valence-corrected chi connectivity index (χ1v) is 10.2. The van der Waals surface area contributed by atoms with E-state index < -0.39 is 12.1 Å². The third kappa shape index (κ3) is 4.67. The molecule has 3 aliphatic heterocycles. The molecule has 2 bridgehead atoms. The molecule has 3 saturated heterocycles. The van der Waals surface area contributed by atoms with Gasteiger partial charge in [-0.25, -0.2) is 14.8 Å². The van der Waals surface area contributed by atoms with E-state index in [4.69, 9.17) is 19.9 Å². The quantitative estimate of drug-likeness (QED) is 0.731. The van der Waals surface area contributed by atoms with Crippen molar-refractivity contribution in [1.82, 2.24) is 20.2 Å². The molecule has 8 nitrogen and oxygen atoms in total. The number of carbonyl (C=O) groups is 1. The number of fused-ring (bicyclic) bond motifs is 3. The Labute approximate surface area is 177 Å². The standard InChI is InChI=1S/C18H24N6.C2HF3O2/c1-22-6-8-23(9-7-22)17-18(24-12-13-10-14(24)11-19-13)21-16-5-3-2-4-15(16)20-17;3-2(4,5)1(6)7/h2-5,13-14,19H,6-12H2,1H3;(H,6,7)/t13-,14-;/m0./s1. The maximum absolute atomic E-state index is 10.6. The van der Waals surface area contributed by atoms with Crippen molar-refractivity contribution in [2.24, 2.45) is 0 Å². The van der Waals surface area contributed by atoms with Crippen molar-refractivity contribution in [2.45, 2.75) is 24.7 Å². The highest BCUT2D eigenvalue weighted by Crippen LogP contribution is 2.35. The van der Waals surface area contributed by atoms with Crippen LogP contribution in [0.3, 0.4) is 0 Å². The van der Waals surface area contributed by atoms with Crippen LogP contribution in [0.25, 0.3) is 11.0 Å². The van der Waals surface area contributed by atoms with Gasteiger partial charge in [-0.15, -0.1) is 0 Å². The summed E-state index contributed by atoms with van der Waals surface area (Å²) in [6.45, 7) is 6.34. The number of para-hydroxylation sites is 2. The summed E-state index contributed by atoms with van der Waals surface area (Å²) in [6, 6.07) is 9.43. The minimum Gasteiger partial charge on any atom is -0.475 e. The van der Waals surface area contributed by atoms with Crippen molar-refractivity contribution in [3.05, 3.63) is 24.3 Å². The highest BCUT2D eigenvalue weighted by molar-refractivity contribution is 5.81. The van der Waals surface area contributed by atoms with Crippen LogP contribution in [0.1, 0.15) is 6.42 Å². The number of aliphatic carboxylic acids is 1. The number of hydrogen-bond donors (Lipinski definition) is 2. The highest BCUT2D eigenvalue weighted by atomic mass is 19.4. The molecule has 1 aromatic heterocycles. The first-order valence-electron chi connectivity index (χ1n) is 10.2. The lowest BCUT2D eigenvalue weighted by molar-refractivity contribution is -0.192. The molecule has 1 aromatic carbocycles. The summed E-state index contributed by atoms with van der Waals surface area (Å²) in [5.41, 5.74) is 2.00. The lowest BCUT2D eigenvalue weighted by Crippen LogP contribution is -2.47. The molecule has 0 aliphatic carbocycles. The van der Waals surface area contributed by atoms with E-state index in [0.29, 0.717) is 12.1 Å². The summed E-state index contributed by atoms with van der Waals surface area (Å²) in [4.78, 5) is 26.3. The minimum atomic E-state index is -5.08. The van der Waals surface area contributed by atoms with Gasteiger partial charge < -0.3 is 25.1 Å². The van der Waals surface area contributed by atoms with E-state index in [0.717, 1.165) is 61.9 Å². The number of hydrogen-bond acceptors (Lipinski definition) is 7. The number of anilines is 2. The Balaban J connectivity index is 0.000000289. The van der Waals surface area contributed by atoms with E-state index in [1.165, 1.54) is 6.42 Å². The second kappa shape index (κ2) is 8.46. The van der Waals surface area contributed by atoms with E-state index in [9.17, 15) is 13.2 Å². The van der Waals surface area contributed by atoms with Crippen LogP contribution in [0.15, 0.2) is 24.3 Å². The smallest absolute Gasteiger partial charge is 0.475 e. The molecular weight excluding hydrogens is 413 g/mol. The number of nitrogens with one attached hydrogen (secondary N) is 1. The van der Waals surface area contributed by atoms with Gasteiger partial charge in [-0.1, -0.05) is 12.1 Å². The van der Waals surface area contributed by atoms with Crippen LogP contribution in [0.5, 0.6) is 0 Å². The normalized spacial score (nSPS) is 23.7. The van der Waals surface area contributed by atoms with Crippen molar-refractivity contribution >= 4 is 28.6 Å². The molecule has 2 N–H and O–H groups in total. The largest absolute Gasteiger partial charge is 0.490 e. The van der Waals surface area contributed by atoms with Crippen LogP contribution in [0, 0.1) is 0 Å². The lowest BCUT2D eigenvalue weighted by atomic mass is 10.2. The van der Waals surface area contributed by atoms with Crippen molar-refractivity contribution in [3.63, 3.8) is 0 Å². The van der Waals surface area contributed by atoms with E-state index in [2.05, 4.69) is 39.2 Å². The molecule has 31 heavy (non-hydrogen) atoms. The fraction of sp³-hybridized carbons (Fsp3) is 0.550. The number of piperazine rings is 2. The molecule has 5 rings (SSSR count). The predicted molar refractivity (Wildman–Crippen MR) is 110 cm³/mol. The summed E-state index contributed by atoms with van der Waals surface area (Å²) >= 11 is 0. The Morgan fingerprint density at radius 1 is 1.10 bits per heavy atom. The third-order valence-electron chi connectivity index (χ3n) is 5.91. The molecular formula is C20H25F3N6O2. The van der Waals surface area contributed by atoms with Crippen molar-refractivity contribution in [1.29, 1.82) is 0 Å². The first kappa shape index (κ1) is 21.6. The molecule has 0 spiro atoms. The Morgan fingerprint density at radius 2 is 1.68 bits per heavy atom. The molecule has 2 atom stereocenters. The number of likely N-dealkylation sites (N-methyl/N-ethyl adjacent to an activating group) is 1. The maximum Gasteiger partial charge on any atom is 0.490 e. The maximum atomic E-state index is 10.6. The molecule has 168 valence electrons. The van der Waals surface area contributed by atoms with E-state index in [1.54, 1.807) is 0 Å². The van der Waals surface area contributed by atoms with Gasteiger partial charge in [0.2, 0.25) is 0 Å². The first-order chi connectivity index (χ1) is 14.7. The topological polar surface area (TPSA) is 84.8 Å². The second-order valence-electron chi connectivity index (χ2n) is 8.10. The Hall–Kier alpha value is -2.66. The minimum absolute atomic E-state index is 0.566. The number of carboxylic acids is 1. The van der Waals surface area contributed by atoms with Gasteiger partial charge in [0.1, 0.15) is 0 Å². The molecule has 2 aromatic rings. The van der Waals surface area contributed by atoms with Crippen LogP contribution < -0.4 is 15.1 Å². The second-order valence-corrected chi connectivity index (χ2v) is 8.10. The number of benzene rings is 1. The van der Waals surface area contributed by atoms with Crippen LogP contribution >= 0.6 is 0 Å². The summed E-state index contributed by atoms with van der Waals surface area (Å²) in [5.74, 6) is -0.589. The average molecular weight is 438 g/mol. The van der Waals surface area contributed by atoms with E-state index in [-0.39, 0.29) is 0 Å². The number of carboxylic acid groups (broad SMARTS) is 1. The van der Waals surface area contributed by atoms with Gasteiger partial charge in [0.15, 0.2) is 11.6 Å².